The number of hydrogen-bond donors (Lipinski definition) is 1. The van der Waals surface area contributed by atoms with E-state index in [9.17, 15) is 4.79 Å². The Morgan fingerprint density at radius 3 is 2.70 bits per heavy atom. The molecular formula is C17H26N2O. The summed E-state index contributed by atoms with van der Waals surface area (Å²) in [6.07, 6.45) is 3.82. The smallest absolute Gasteiger partial charge is 0.246 e. The second kappa shape index (κ2) is 5.57. The van der Waals surface area contributed by atoms with Gasteiger partial charge in [-0.15, -0.1) is 0 Å². The number of likely N-dealkylation sites (N-methyl/N-ethyl adjacent to an activating group) is 1. The maximum absolute atomic E-state index is 12.8. The fourth-order valence-corrected chi connectivity index (χ4v) is 3.41. The van der Waals surface area contributed by atoms with Crippen molar-refractivity contribution >= 4 is 11.6 Å². The fourth-order valence-electron chi connectivity index (χ4n) is 3.41. The van der Waals surface area contributed by atoms with Gasteiger partial charge in [0.25, 0.3) is 0 Å². The molecule has 1 saturated carbocycles. The summed E-state index contributed by atoms with van der Waals surface area (Å²) in [5, 5.41) is 0. The number of anilines is 1. The highest BCUT2D eigenvalue weighted by atomic mass is 16.2. The molecule has 1 aromatic carbocycles. The average molecular weight is 274 g/mol. The van der Waals surface area contributed by atoms with Crippen LogP contribution in [-0.2, 0) is 4.79 Å². The van der Waals surface area contributed by atoms with Crippen molar-refractivity contribution in [3.8, 4) is 0 Å². The first-order valence-corrected chi connectivity index (χ1v) is 7.48. The molecule has 1 fully saturated rings. The van der Waals surface area contributed by atoms with Crippen molar-refractivity contribution in [3.63, 3.8) is 0 Å². The first-order valence-electron chi connectivity index (χ1n) is 7.48. The summed E-state index contributed by atoms with van der Waals surface area (Å²) in [6.45, 7) is 6.29. The number of benzene rings is 1. The van der Waals surface area contributed by atoms with Gasteiger partial charge in [-0.25, -0.2) is 0 Å². The number of rotatable bonds is 2. The number of nitrogens with two attached hydrogens (primary N) is 1. The third-order valence-corrected chi connectivity index (χ3v) is 4.48. The third kappa shape index (κ3) is 2.88. The molecule has 0 radical (unpaired) electrons. The van der Waals surface area contributed by atoms with Crippen LogP contribution in [0.5, 0.6) is 0 Å². The van der Waals surface area contributed by atoms with Crippen molar-refractivity contribution in [1.29, 1.82) is 0 Å². The first kappa shape index (κ1) is 15.0. The van der Waals surface area contributed by atoms with Crippen LogP contribution in [0.2, 0.25) is 0 Å². The summed E-state index contributed by atoms with van der Waals surface area (Å²) in [6, 6.07) is 6.16. The van der Waals surface area contributed by atoms with Gasteiger partial charge >= 0.3 is 0 Å². The zero-order valence-electron chi connectivity index (χ0n) is 13.1. The third-order valence-electron chi connectivity index (χ3n) is 4.48. The van der Waals surface area contributed by atoms with Crippen LogP contribution < -0.4 is 10.6 Å². The Kier molecular flexibility index (Phi) is 4.19. The lowest BCUT2D eigenvalue weighted by molar-refractivity contribution is -0.125. The van der Waals surface area contributed by atoms with Crippen LogP contribution in [0, 0.1) is 19.8 Å². The van der Waals surface area contributed by atoms with E-state index in [0.29, 0.717) is 5.92 Å². The predicted molar refractivity (Wildman–Crippen MR) is 83.9 cm³/mol. The second-order valence-electron chi connectivity index (χ2n) is 6.51. The van der Waals surface area contributed by atoms with E-state index >= 15 is 0 Å². The average Bonchev–Trinajstić information content (AvgIpc) is 2.37. The first-order chi connectivity index (χ1) is 9.33. The normalized spacial score (nSPS) is 26.4. The van der Waals surface area contributed by atoms with E-state index in [1.54, 1.807) is 4.90 Å². The molecule has 0 heterocycles. The Bertz CT molecular complexity index is 512. The Morgan fingerprint density at radius 1 is 1.40 bits per heavy atom. The highest BCUT2D eigenvalue weighted by Gasteiger charge is 2.40. The topological polar surface area (TPSA) is 46.3 Å². The molecule has 1 amide bonds. The number of hydrogen-bond acceptors (Lipinski definition) is 2. The zero-order valence-corrected chi connectivity index (χ0v) is 13.1. The molecule has 2 N–H and O–H groups in total. The van der Waals surface area contributed by atoms with Gasteiger partial charge in [-0.1, -0.05) is 37.5 Å². The van der Waals surface area contributed by atoms with Crippen LogP contribution in [-0.4, -0.2) is 18.5 Å². The van der Waals surface area contributed by atoms with Crippen LogP contribution in [0.4, 0.5) is 5.69 Å². The van der Waals surface area contributed by atoms with Gasteiger partial charge in [0.15, 0.2) is 0 Å². The Balaban J connectivity index is 2.23. The Hall–Kier alpha value is -1.35. The van der Waals surface area contributed by atoms with Crippen LogP contribution >= 0.6 is 0 Å². The highest BCUT2D eigenvalue weighted by Crippen LogP contribution is 2.33. The van der Waals surface area contributed by atoms with Gasteiger partial charge in [0.05, 0.1) is 5.54 Å². The molecule has 3 heteroatoms. The molecule has 1 aliphatic carbocycles. The molecule has 2 unspecified atom stereocenters. The minimum Gasteiger partial charge on any atom is -0.317 e. The molecule has 2 rings (SSSR count). The molecule has 20 heavy (non-hydrogen) atoms. The van der Waals surface area contributed by atoms with Crippen molar-refractivity contribution in [2.45, 2.75) is 52.0 Å². The van der Waals surface area contributed by atoms with E-state index in [1.165, 1.54) is 12.0 Å². The number of aryl methyl sites for hydroxylation is 2. The molecule has 0 aromatic heterocycles. The van der Waals surface area contributed by atoms with Gasteiger partial charge in [-0.05, 0) is 44.2 Å². The fraction of sp³-hybridized carbons (Fsp3) is 0.588. The summed E-state index contributed by atoms with van der Waals surface area (Å²) in [4.78, 5) is 14.5. The van der Waals surface area contributed by atoms with Crippen LogP contribution in [0.3, 0.4) is 0 Å². The number of nitrogens with zero attached hydrogens (tertiary/aromatic N) is 1. The van der Waals surface area contributed by atoms with Crippen LogP contribution in [0.25, 0.3) is 0 Å². The van der Waals surface area contributed by atoms with Crippen LogP contribution in [0.1, 0.15) is 43.7 Å². The number of amides is 1. The molecule has 0 saturated heterocycles. The van der Waals surface area contributed by atoms with E-state index in [-0.39, 0.29) is 5.91 Å². The predicted octanol–water partition coefficient (Wildman–Crippen LogP) is 3.17. The van der Waals surface area contributed by atoms with Crippen LogP contribution in [0.15, 0.2) is 18.2 Å². The standard InChI is InChI=1S/C17H26N2O/c1-12-7-8-15(14(3)10-12)19(4)16(20)17(18)9-5-6-13(2)11-17/h7-8,10,13H,5-6,9,11,18H2,1-4H3. The number of carbonyl (C=O) groups excluding carboxylic acids is 1. The van der Waals surface area contributed by atoms with Crippen molar-refractivity contribution < 1.29 is 4.79 Å². The maximum atomic E-state index is 12.8. The van der Waals surface area contributed by atoms with E-state index < -0.39 is 5.54 Å². The minimum absolute atomic E-state index is 0.0519. The van der Waals surface area contributed by atoms with Crippen molar-refractivity contribution in [2.75, 3.05) is 11.9 Å². The van der Waals surface area contributed by atoms with Gasteiger partial charge in [0, 0.05) is 12.7 Å². The Labute approximate surface area is 122 Å². The molecule has 3 nitrogen and oxygen atoms in total. The lowest BCUT2D eigenvalue weighted by atomic mass is 9.76. The van der Waals surface area contributed by atoms with E-state index in [4.69, 9.17) is 5.73 Å². The van der Waals surface area contributed by atoms with Crippen molar-refractivity contribution in [1.82, 2.24) is 0 Å². The van der Waals surface area contributed by atoms with Crippen molar-refractivity contribution in [3.05, 3.63) is 29.3 Å². The summed E-state index contributed by atoms with van der Waals surface area (Å²) < 4.78 is 0. The molecule has 110 valence electrons. The molecular weight excluding hydrogens is 248 g/mol. The lowest BCUT2D eigenvalue weighted by Gasteiger charge is -2.38. The van der Waals surface area contributed by atoms with Gasteiger partial charge in [-0.2, -0.15) is 0 Å². The molecule has 1 aromatic rings. The van der Waals surface area contributed by atoms with E-state index in [1.807, 2.05) is 26.1 Å². The monoisotopic (exact) mass is 274 g/mol. The summed E-state index contributed by atoms with van der Waals surface area (Å²) >= 11 is 0. The van der Waals surface area contributed by atoms with E-state index in [2.05, 4.69) is 19.9 Å². The summed E-state index contributed by atoms with van der Waals surface area (Å²) in [7, 11) is 1.84. The van der Waals surface area contributed by atoms with Crippen molar-refractivity contribution in [2.24, 2.45) is 11.7 Å². The van der Waals surface area contributed by atoms with Gasteiger partial charge < -0.3 is 10.6 Å². The molecule has 0 bridgehead atoms. The van der Waals surface area contributed by atoms with E-state index in [0.717, 1.165) is 30.5 Å². The second-order valence-corrected chi connectivity index (χ2v) is 6.51. The molecule has 0 spiro atoms. The van der Waals surface area contributed by atoms with Gasteiger partial charge in [0.2, 0.25) is 5.91 Å². The Morgan fingerprint density at radius 2 is 2.10 bits per heavy atom. The molecule has 0 aliphatic heterocycles. The molecule has 2 atom stereocenters. The maximum Gasteiger partial charge on any atom is 0.246 e. The molecule has 1 aliphatic rings. The SMILES string of the molecule is Cc1ccc(N(C)C(=O)C2(N)CCCC(C)C2)c(C)c1. The largest absolute Gasteiger partial charge is 0.317 e. The zero-order chi connectivity index (χ0) is 14.9. The highest BCUT2D eigenvalue weighted by molar-refractivity contribution is 6.00. The summed E-state index contributed by atoms with van der Waals surface area (Å²) in [5.41, 5.74) is 9.02. The van der Waals surface area contributed by atoms with Gasteiger partial charge in [-0.3, -0.25) is 4.79 Å². The quantitative estimate of drug-likeness (QED) is 0.900. The minimum atomic E-state index is -0.691. The summed E-state index contributed by atoms with van der Waals surface area (Å²) in [5.74, 6) is 0.584. The van der Waals surface area contributed by atoms with Gasteiger partial charge in [0.1, 0.15) is 0 Å². The lowest BCUT2D eigenvalue weighted by Crippen LogP contribution is -2.56. The number of carbonyl (C=O) groups is 1.